The van der Waals surface area contributed by atoms with Crippen LogP contribution < -0.4 is 5.32 Å². The van der Waals surface area contributed by atoms with Crippen LogP contribution in [0, 0.1) is 5.82 Å². The number of halogens is 1. The molecule has 1 aromatic carbocycles. The highest BCUT2D eigenvalue weighted by molar-refractivity contribution is 5.34. The summed E-state index contributed by atoms with van der Waals surface area (Å²) in [5.74, 6) is -0.162. The van der Waals surface area contributed by atoms with Gasteiger partial charge >= 0.3 is 0 Å². The third kappa shape index (κ3) is 3.28. The summed E-state index contributed by atoms with van der Waals surface area (Å²) in [5, 5.41) is 12.9. The van der Waals surface area contributed by atoms with E-state index in [0.717, 1.165) is 24.9 Å². The molecule has 0 saturated heterocycles. The van der Waals surface area contributed by atoms with Crippen molar-refractivity contribution in [3.63, 3.8) is 0 Å². The SMILES string of the molecule is COCC(O)CCNC1CCc2cc(F)ccc21. The third-order valence-corrected chi connectivity index (χ3v) is 3.41. The molecule has 18 heavy (non-hydrogen) atoms. The molecule has 0 aliphatic heterocycles. The second-order valence-corrected chi connectivity index (χ2v) is 4.79. The number of benzene rings is 1. The molecule has 2 unspecified atom stereocenters. The largest absolute Gasteiger partial charge is 0.391 e. The summed E-state index contributed by atoms with van der Waals surface area (Å²) in [5.41, 5.74) is 2.29. The van der Waals surface area contributed by atoms with Crippen LogP contribution in [0.15, 0.2) is 18.2 Å². The minimum absolute atomic E-state index is 0.162. The van der Waals surface area contributed by atoms with Gasteiger partial charge in [-0.15, -0.1) is 0 Å². The van der Waals surface area contributed by atoms with Crippen molar-refractivity contribution in [1.82, 2.24) is 5.32 Å². The van der Waals surface area contributed by atoms with Crippen LogP contribution in [0.4, 0.5) is 4.39 Å². The van der Waals surface area contributed by atoms with E-state index < -0.39 is 6.10 Å². The van der Waals surface area contributed by atoms with Gasteiger partial charge in [0.25, 0.3) is 0 Å². The van der Waals surface area contributed by atoms with Crippen molar-refractivity contribution in [2.75, 3.05) is 20.3 Å². The number of aryl methyl sites for hydroxylation is 1. The van der Waals surface area contributed by atoms with E-state index in [1.165, 1.54) is 11.6 Å². The van der Waals surface area contributed by atoms with E-state index in [4.69, 9.17) is 4.74 Å². The highest BCUT2D eigenvalue weighted by Crippen LogP contribution is 2.31. The predicted molar refractivity (Wildman–Crippen MR) is 68.0 cm³/mol. The molecule has 0 aromatic heterocycles. The lowest BCUT2D eigenvalue weighted by Gasteiger charge is -2.15. The van der Waals surface area contributed by atoms with Crippen molar-refractivity contribution < 1.29 is 14.2 Å². The Labute approximate surface area is 107 Å². The monoisotopic (exact) mass is 253 g/mol. The zero-order valence-electron chi connectivity index (χ0n) is 10.7. The van der Waals surface area contributed by atoms with Crippen molar-refractivity contribution in [3.8, 4) is 0 Å². The van der Waals surface area contributed by atoms with Gasteiger partial charge in [0.2, 0.25) is 0 Å². The molecule has 0 saturated carbocycles. The van der Waals surface area contributed by atoms with Crippen LogP contribution in [0.5, 0.6) is 0 Å². The van der Waals surface area contributed by atoms with Gasteiger partial charge in [0.05, 0.1) is 12.7 Å². The number of aliphatic hydroxyl groups excluding tert-OH is 1. The zero-order chi connectivity index (χ0) is 13.0. The van der Waals surface area contributed by atoms with Crippen LogP contribution in [0.1, 0.15) is 30.0 Å². The predicted octanol–water partition coefficient (Wildman–Crippen LogP) is 1.80. The fourth-order valence-electron chi connectivity index (χ4n) is 2.50. The summed E-state index contributed by atoms with van der Waals surface area (Å²) in [7, 11) is 1.58. The minimum Gasteiger partial charge on any atom is -0.391 e. The van der Waals surface area contributed by atoms with E-state index in [2.05, 4.69) is 5.32 Å². The quantitative estimate of drug-likeness (QED) is 0.812. The van der Waals surface area contributed by atoms with Crippen molar-refractivity contribution >= 4 is 0 Å². The van der Waals surface area contributed by atoms with Crippen molar-refractivity contribution in [1.29, 1.82) is 0 Å². The van der Waals surface area contributed by atoms with Crippen LogP contribution in [-0.4, -0.2) is 31.5 Å². The van der Waals surface area contributed by atoms with E-state index >= 15 is 0 Å². The van der Waals surface area contributed by atoms with Crippen LogP contribution in [0.25, 0.3) is 0 Å². The Morgan fingerprint density at radius 3 is 3.17 bits per heavy atom. The van der Waals surface area contributed by atoms with Gasteiger partial charge in [-0.1, -0.05) is 6.07 Å². The Morgan fingerprint density at radius 1 is 1.56 bits per heavy atom. The fraction of sp³-hybridized carbons (Fsp3) is 0.571. The second-order valence-electron chi connectivity index (χ2n) is 4.79. The summed E-state index contributed by atoms with van der Waals surface area (Å²) >= 11 is 0. The summed E-state index contributed by atoms with van der Waals surface area (Å²) < 4.78 is 17.9. The molecule has 2 N–H and O–H groups in total. The molecule has 100 valence electrons. The number of hydrogen-bond acceptors (Lipinski definition) is 3. The molecule has 0 amide bonds. The van der Waals surface area contributed by atoms with Crippen molar-refractivity contribution in [2.24, 2.45) is 0 Å². The Kier molecular flexibility index (Phi) is 4.69. The molecule has 1 aliphatic carbocycles. The molecule has 0 fully saturated rings. The Hall–Kier alpha value is -0.970. The lowest BCUT2D eigenvalue weighted by molar-refractivity contribution is 0.0590. The molecule has 4 heteroatoms. The first-order valence-corrected chi connectivity index (χ1v) is 6.39. The van der Waals surface area contributed by atoms with Gasteiger partial charge in [-0.05, 0) is 49.1 Å². The van der Waals surface area contributed by atoms with Gasteiger partial charge in [0.1, 0.15) is 5.82 Å². The van der Waals surface area contributed by atoms with E-state index in [1.54, 1.807) is 13.2 Å². The third-order valence-electron chi connectivity index (χ3n) is 3.41. The number of hydrogen-bond donors (Lipinski definition) is 2. The first-order valence-electron chi connectivity index (χ1n) is 6.39. The average molecular weight is 253 g/mol. The van der Waals surface area contributed by atoms with Crippen LogP contribution in [-0.2, 0) is 11.2 Å². The molecule has 0 heterocycles. The van der Waals surface area contributed by atoms with Crippen molar-refractivity contribution in [3.05, 3.63) is 35.1 Å². The second kappa shape index (κ2) is 6.27. The van der Waals surface area contributed by atoms with Gasteiger partial charge in [0.15, 0.2) is 0 Å². The average Bonchev–Trinajstić information content (AvgIpc) is 2.72. The highest BCUT2D eigenvalue weighted by Gasteiger charge is 2.22. The molecule has 0 bridgehead atoms. The van der Waals surface area contributed by atoms with Crippen LogP contribution in [0.3, 0.4) is 0 Å². The van der Waals surface area contributed by atoms with E-state index in [9.17, 15) is 9.50 Å². The summed E-state index contributed by atoms with van der Waals surface area (Å²) in [4.78, 5) is 0. The number of nitrogens with one attached hydrogen (secondary N) is 1. The van der Waals surface area contributed by atoms with Gasteiger partial charge in [-0.2, -0.15) is 0 Å². The maximum absolute atomic E-state index is 13.1. The van der Waals surface area contributed by atoms with Gasteiger partial charge in [-0.25, -0.2) is 4.39 Å². The fourth-order valence-corrected chi connectivity index (χ4v) is 2.50. The van der Waals surface area contributed by atoms with Gasteiger partial charge in [0, 0.05) is 13.2 Å². The number of rotatable bonds is 6. The zero-order valence-corrected chi connectivity index (χ0v) is 10.7. The smallest absolute Gasteiger partial charge is 0.123 e. The molecule has 2 rings (SSSR count). The van der Waals surface area contributed by atoms with Gasteiger partial charge in [-0.3, -0.25) is 0 Å². The first kappa shape index (κ1) is 13.5. The topological polar surface area (TPSA) is 41.5 Å². The number of aliphatic hydroxyl groups is 1. The lowest BCUT2D eigenvalue weighted by Crippen LogP contribution is -2.25. The Bertz CT molecular complexity index is 397. The minimum atomic E-state index is -0.420. The highest BCUT2D eigenvalue weighted by atomic mass is 19.1. The van der Waals surface area contributed by atoms with Gasteiger partial charge < -0.3 is 15.2 Å². The Morgan fingerprint density at radius 2 is 2.39 bits per heavy atom. The molecule has 0 spiro atoms. The molecule has 1 aliphatic rings. The standard InChI is InChI=1S/C14H20FNO2/c1-18-9-12(17)6-7-16-14-5-2-10-8-11(15)3-4-13(10)14/h3-4,8,12,14,16-17H,2,5-7,9H2,1H3. The molecule has 0 radical (unpaired) electrons. The number of ether oxygens (including phenoxy) is 1. The molecular formula is C14H20FNO2. The first-order chi connectivity index (χ1) is 8.70. The molecule has 2 atom stereocenters. The summed E-state index contributed by atoms with van der Waals surface area (Å²) in [6, 6.07) is 5.28. The van der Waals surface area contributed by atoms with Crippen LogP contribution in [0.2, 0.25) is 0 Å². The Balaban J connectivity index is 1.83. The van der Waals surface area contributed by atoms with E-state index in [0.29, 0.717) is 13.0 Å². The number of methoxy groups -OCH3 is 1. The summed E-state index contributed by atoms with van der Waals surface area (Å²) in [6.45, 7) is 1.11. The van der Waals surface area contributed by atoms with Crippen molar-refractivity contribution in [2.45, 2.75) is 31.4 Å². The van der Waals surface area contributed by atoms with E-state index in [1.807, 2.05) is 6.07 Å². The number of fused-ring (bicyclic) bond motifs is 1. The van der Waals surface area contributed by atoms with Crippen LogP contribution >= 0.6 is 0 Å². The maximum atomic E-state index is 13.1. The maximum Gasteiger partial charge on any atom is 0.123 e. The lowest BCUT2D eigenvalue weighted by atomic mass is 10.1. The van der Waals surface area contributed by atoms with E-state index in [-0.39, 0.29) is 11.9 Å². The normalized spacial score (nSPS) is 19.8. The molecular weight excluding hydrogens is 233 g/mol. The molecule has 3 nitrogen and oxygen atoms in total. The summed E-state index contributed by atoms with van der Waals surface area (Å²) in [6.07, 6.45) is 2.17. The molecule has 1 aromatic rings.